The first-order chi connectivity index (χ1) is 7.54. The van der Waals surface area contributed by atoms with E-state index in [0.29, 0.717) is 17.9 Å². The predicted octanol–water partition coefficient (Wildman–Crippen LogP) is 1.84. The van der Waals surface area contributed by atoms with E-state index >= 15 is 0 Å². The molecule has 0 aliphatic rings. The number of carboxylic acids is 1. The van der Waals surface area contributed by atoms with E-state index < -0.39 is 5.97 Å². The molecule has 0 spiro atoms. The fourth-order valence-electron chi connectivity index (χ4n) is 1.34. The maximum atomic E-state index is 10.7. The van der Waals surface area contributed by atoms with E-state index in [1.165, 1.54) is 0 Å². The molecule has 1 rings (SSSR count). The summed E-state index contributed by atoms with van der Waals surface area (Å²) in [6, 6.07) is 1.67. The Bertz CT molecular complexity index is 355. The van der Waals surface area contributed by atoms with Gasteiger partial charge in [-0.25, -0.2) is 4.79 Å². The van der Waals surface area contributed by atoms with Gasteiger partial charge >= 0.3 is 5.97 Å². The van der Waals surface area contributed by atoms with Crippen LogP contribution in [0.1, 0.15) is 28.8 Å². The van der Waals surface area contributed by atoms with Crippen LogP contribution in [0.2, 0.25) is 0 Å². The normalized spacial score (nSPS) is 12.7. The number of hydrogen-bond donors (Lipinski definition) is 1. The molecule has 1 aromatic heterocycles. The quantitative estimate of drug-likeness (QED) is 0.804. The molecule has 0 saturated carbocycles. The van der Waals surface area contributed by atoms with Gasteiger partial charge < -0.3 is 19.0 Å². The van der Waals surface area contributed by atoms with Gasteiger partial charge in [0.1, 0.15) is 12.4 Å². The van der Waals surface area contributed by atoms with E-state index in [9.17, 15) is 4.79 Å². The lowest BCUT2D eigenvalue weighted by Gasteiger charge is -2.09. The number of hydrogen-bond acceptors (Lipinski definition) is 4. The van der Waals surface area contributed by atoms with Crippen molar-refractivity contribution in [2.75, 3.05) is 13.7 Å². The Morgan fingerprint density at radius 3 is 2.81 bits per heavy atom. The molecule has 16 heavy (non-hydrogen) atoms. The van der Waals surface area contributed by atoms with Crippen molar-refractivity contribution < 1.29 is 23.8 Å². The van der Waals surface area contributed by atoms with Crippen LogP contribution >= 0.6 is 0 Å². The first-order valence-electron chi connectivity index (χ1n) is 4.97. The van der Waals surface area contributed by atoms with E-state index in [4.69, 9.17) is 19.0 Å². The molecule has 5 heteroatoms. The van der Waals surface area contributed by atoms with E-state index in [1.807, 2.05) is 6.92 Å². The highest BCUT2D eigenvalue weighted by molar-refractivity contribution is 5.86. The summed E-state index contributed by atoms with van der Waals surface area (Å²) in [7, 11) is 1.60. The lowest BCUT2D eigenvalue weighted by molar-refractivity contribution is -0.00673. The zero-order valence-electron chi connectivity index (χ0n) is 9.65. The number of carbonyl (C=O) groups is 1. The summed E-state index contributed by atoms with van der Waals surface area (Å²) in [5.41, 5.74) is 0.602. The van der Waals surface area contributed by atoms with Gasteiger partial charge in [-0.2, -0.15) is 0 Å². The zero-order chi connectivity index (χ0) is 12.1. The molecule has 0 saturated heterocycles. The van der Waals surface area contributed by atoms with Crippen LogP contribution in [-0.4, -0.2) is 30.9 Å². The highest BCUT2D eigenvalue weighted by Crippen LogP contribution is 2.15. The molecule has 0 bridgehead atoms. The van der Waals surface area contributed by atoms with Crippen LogP contribution in [0.3, 0.4) is 0 Å². The molecule has 1 aromatic rings. The van der Waals surface area contributed by atoms with Crippen molar-refractivity contribution in [1.82, 2.24) is 0 Å². The Morgan fingerprint density at radius 1 is 1.62 bits per heavy atom. The molecular formula is C11H16O5. The molecule has 0 fully saturated rings. The van der Waals surface area contributed by atoms with E-state index in [0.717, 1.165) is 0 Å². The molecule has 1 atom stereocenters. The monoisotopic (exact) mass is 228 g/mol. The van der Waals surface area contributed by atoms with E-state index in [2.05, 4.69) is 0 Å². The third-order valence-corrected chi connectivity index (χ3v) is 2.07. The number of rotatable bonds is 6. The minimum Gasteiger partial charge on any atom is -0.475 e. The van der Waals surface area contributed by atoms with Crippen LogP contribution in [0.5, 0.6) is 0 Å². The molecule has 5 nitrogen and oxygen atoms in total. The van der Waals surface area contributed by atoms with Gasteiger partial charge in [-0.1, -0.05) is 0 Å². The maximum Gasteiger partial charge on any atom is 0.372 e. The van der Waals surface area contributed by atoms with Gasteiger partial charge in [-0.3, -0.25) is 0 Å². The molecular weight excluding hydrogens is 212 g/mol. The van der Waals surface area contributed by atoms with Gasteiger partial charge in [0.25, 0.3) is 0 Å². The van der Waals surface area contributed by atoms with Crippen molar-refractivity contribution in [3.8, 4) is 0 Å². The summed E-state index contributed by atoms with van der Waals surface area (Å²) in [6.07, 6.45) is -0.0521. The molecule has 0 aliphatic heterocycles. The van der Waals surface area contributed by atoms with E-state index in [-0.39, 0.29) is 18.5 Å². The molecule has 90 valence electrons. The van der Waals surface area contributed by atoms with Crippen LogP contribution in [0.15, 0.2) is 10.5 Å². The van der Waals surface area contributed by atoms with Crippen molar-refractivity contribution in [3.63, 3.8) is 0 Å². The topological polar surface area (TPSA) is 68.9 Å². The van der Waals surface area contributed by atoms with Gasteiger partial charge in [0.2, 0.25) is 5.76 Å². The van der Waals surface area contributed by atoms with Crippen molar-refractivity contribution in [1.29, 1.82) is 0 Å². The lowest BCUT2D eigenvalue weighted by Crippen LogP contribution is -2.14. The van der Waals surface area contributed by atoms with Crippen LogP contribution in [-0.2, 0) is 16.1 Å². The third-order valence-electron chi connectivity index (χ3n) is 2.07. The minimum atomic E-state index is -1.06. The summed E-state index contributed by atoms with van der Waals surface area (Å²) in [4.78, 5) is 10.7. The minimum absolute atomic E-state index is 0.0296. The van der Waals surface area contributed by atoms with Crippen molar-refractivity contribution in [2.24, 2.45) is 0 Å². The van der Waals surface area contributed by atoms with Gasteiger partial charge in [0.15, 0.2) is 0 Å². The Hall–Kier alpha value is -1.33. The highest BCUT2D eigenvalue weighted by Gasteiger charge is 2.14. The second kappa shape index (κ2) is 5.67. The molecule has 0 aliphatic carbocycles. The zero-order valence-corrected chi connectivity index (χ0v) is 9.65. The van der Waals surface area contributed by atoms with Crippen LogP contribution in [0.4, 0.5) is 0 Å². The van der Waals surface area contributed by atoms with E-state index in [1.54, 1.807) is 20.1 Å². The van der Waals surface area contributed by atoms with Gasteiger partial charge in [0, 0.05) is 12.7 Å². The molecule has 1 N–H and O–H groups in total. The highest BCUT2D eigenvalue weighted by atomic mass is 16.5. The average Bonchev–Trinajstić information content (AvgIpc) is 2.57. The summed E-state index contributed by atoms with van der Waals surface area (Å²) >= 11 is 0. The fourth-order valence-corrected chi connectivity index (χ4v) is 1.34. The summed E-state index contributed by atoms with van der Waals surface area (Å²) in [5.74, 6) is -0.579. The Balaban J connectivity index is 2.55. The summed E-state index contributed by atoms with van der Waals surface area (Å²) in [5, 5.41) is 8.79. The van der Waals surface area contributed by atoms with Crippen LogP contribution in [0.25, 0.3) is 0 Å². The number of aryl methyl sites for hydroxylation is 1. The number of furan rings is 1. The average molecular weight is 228 g/mol. The second-order valence-electron chi connectivity index (χ2n) is 3.61. The standard InChI is InChI=1S/C11H16O5/c1-7-4-9(16-10(7)11(12)13)6-15-8(2)5-14-3/h4,8H,5-6H2,1-3H3,(H,12,13). The molecule has 1 unspecified atom stereocenters. The van der Waals surface area contributed by atoms with Crippen molar-refractivity contribution in [2.45, 2.75) is 26.6 Å². The number of aromatic carboxylic acids is 1. The smallest absolute Gasteiger partial charge is 0.372 e. The third kappa shape index (κ3) is 3.36. The Morgan fingerprint density at radius 2 is 2.31 bits per heavy atom. The maximum absolute atomic E-state index is 10.7. The summed E-state index contributed by atoms with van der Waals surface area (Å²) < 4.78 is 15.5. The molecule has 1 heterocycles. The van der Waals surface area contributed by atoms with Crippen molar-refractivity contribution in [3.05, 3.63) is 23.2 Å². The number of methoxy groups -OCH3 is 1. The number of ether oxygens (including phenoxy) is 2. The Kier molecular flexibility index (Phi) is 4.52. The fraction of sp³-hybridized carbons (Fsp3) is 0.545. The molecule has 0 radical (unpaired) electrons. The largest absolute Gasteiger partial charge is 0.475 e. The lowest BCUT2D eigenvalue weighted by atomic mass is 10.3. The van der Waals surface area contributed by atoms with Gasteiger partial charge in [-0.15, -0.1) is 0 Å². The molecule has 0 aromatic carbocycles. The van der Waals surface area contributed by atoms with Crippen molar-refractivity contribution >= 4 is 5.97 Å². The van der Waals surface area contributed by atoms with Gasteiger partial charge in [-0.05, 0) is 19.9 Å². The van der Waals surface area contributed by atoms with Crippen LogP contribution < -0.4 is 0 Å². The SMILES string of the molecule is COCC(C)OCc1cc(C)c(C(=O)O)o1. The first-order valence-corrected chi connectivity index (χ1v) is 4.97. The first kappa shape index (κ1) is 12.7. The Labute approximate surface area is 94.0 Å². The number of carboxylic acid groups (broad SMARTS) is 1. The van der Waals surface area contributed by atoms with Gasteiger partial charge in [0.05, 0.1) is 12.7 Å². The predicted molar refractivity (Wildman–Crippen MR) is 56.5 cm³/mol. The second-order valence-corrected chi connectivity index (χ2v) is 3.61. The summed E-state index contributed by atoms with van der Waals surface area (Å²) in [6.45, 7) is 4.30. The van der Waals surface area contributed by atoms with Crippen LogP contribution in [0, 0.1) is 6.92 Å². The molecule has 0 amide bonds.